The van der Waals surface area contributed by atoms with Gasteiger partial charge < -0.3 is 5.32 Å². The van der Waals surface area contributed by atoms with Crippen LogP contribution in [0.15, 0.2) is 0 Å². The van der Waals surface area contributed by atoms with E-state index in [1.54, 1.807) is 0 Å². The second-order valence-corrected chi connectivity index (χ2v) is 4.09. The number of hydrogen-bond donors (Lipinski definition) is 1. The molecule has 1 saturated heterocycles. The molecule has 5 heteroatoms. The molecule has 2 rings (SSSR count). The van der Waals surface area contributed by atoms with Crippen LogP contribution >= 0.6 is 0 Å². The average molecular weight is 210 g/mol. The van der Waals surface area contributed by atoms with Gasteiger partial charge in [-0.1, -0.05) is 12.8 Å². The summed E-state index contributed by atoms with van der Waals surface area (Å²) >= 11 is 0. The third-order valence-corrected chi connectivity index (χ3v) is 3.06. The highest BCUT2D eigenvalue weighted by atomic mass is 16.2. The van der Waals surface area contributed by atoms with Gasteiger partial charge in [-0.15, -0.1) is 0 Å². The number of rotatable bonds is 3. The number of imide groups is 1. The highest BCUT2D eigenvalue weighted by Crippen LogP contribution is 2.25. The standard InChI is InChI=1S/C10H14N2O3/c13-8(7-3-1-2-4-7)6-12-9(14)5-11-10(12)15/h7H,1-6H2,(H,11,15). The van der Waals surface area contributed by atoms with Crippen molar-refractivity contribution >= 4 is 17.7 Å². The van der Waals surface area contributed by atoms with E-state index >= 15 is 0 Å². The van der Waals surface area contributed by atoms with Gasteiger partial charge in [-0.05, 0) is 12.8 Å². The Bertz CT molecular complexity index is 292. The molecule has 2 fully saturated rings. The molecular weight excluding hydrogens is 196 g/mol. The molecule has 0 spiro atoms. The molecule has 1 aliphatic carbocycles. The number of carbonyl (C=O) groups is 3. The van der Waals surface area contributed by atoms with Crippen molar-refractivity contribution < 1.29 is 14.4 Å². The van der Waals surface area contributed by atoms with Crippen LogP contribution in [0, 0.1) is 5.92 Å². The number of urea groups is 1. The third-order valence-electron chi connectivity index (χ3n) is 3.06. The van der Waals surface area contributed by atoms with Crippen molar-refractivity contribution in [1.29, 1.82) is 0 Å². The summed E-state index contributed by atoms with van der Waals surface area (Å²) < 4.78 is 0. The van der Waals surface area contributed by atoms with Crippen molar-refractivity contribution in [2.75, 3.05) is 13.1 Å². The zero-order valence-electron chi connectivity index (χ0n) is 8.49. The summed E-state index contributed by atoms with van der Waals surface area (Å²) in [5.41, 5.74) is 0. The van der Waals surface area contributed by atoms with Gasteiger partial charge in [0, 0.05) is 5.92 Å². The van der Waals surface area contributed by atoms with Gasteiger partial charge in [0.25, 0.3) is 0 Å². The fourth-order valence-corrected chi connectivity index (χ4v) is 2.15. The first-order chi connectivity index (χ1) is 7.18. The van der Waals surface area contributed by atoms with E-state index in [-0.39, 0.29) is 30.7 Å². The van der Waals surface area contributed by atoms with E-state index in [4.69, 9.17) is 0 Å². The maximum absolute atomic E-state index is 11.7. The van der Waals surface area contributed by atoms with Gasteiger partial charge in [0.05, 0.1) is 13.1 Å². The number of ketones is 1. The van der Waals surface area contributed by atoms with Crippen molar-refractivity contribution in [2.24, 2.45) is 5.92 Å². The van der Waals surface area contributed by atoms with Crippen LogP contribution in [0.1, 0.15) is 25.7 Å². The topological polar surface area (TPSA) is 66.5 Å². The van der Waals surface area contributed by atoms with Crippen molar-refractivity contribution in [3.63, 3.8) is 0 Å². The molecule has 1 heterocycles. The van der Waals surface area contributed by atoms with Crippen molar-refractivity contribution in [3.8, 4) is 0 Å². The fraction of sp³-hybridized carbons (Fsp3) is 0.700. The molecule has 1 saturated carbocycles. The van der Waals surface area contributed by atoms with Crippen LogP contribution in [0.4, 0.5) is 4.79 Å². The SMILES string of the molecule is O=C(CN1C(=O)CNC1=O)C1CCCC1. The number of hydrogen-bond acceptors (Lipinski definition) is 3. The maximum atomic E-state index is 11.7. The summed E-state index contributed by atoms with van der Waals surface area (Å²) in [6.45, 7) is -0.0217. The molecule has 5 nitrogen and oxygen atoms in total. The van der Waals surface area contributed by atoms with Crippen LogP contribution in [0.25, 0.3) is 0 Å². The lowest BCUT2D eigenvalue weighted by atomic mass is 10.0. The predicted molar refractivity (Wildman–Crippen MR) is 52.1 cm³/mol. The number of nitrogens with one attached hydrogen (secondary N) is 1. The molecule has 1 aliphatic heterocycles. The van der Waals surface area contributed by atoms with E-state index in [9.17, 15) is 14.4 Å². The molecule has 1 N–H and O–H groups in total. The van der Waals surface area contributed by atoms with Crippen LogP contribution in [0.5, 0.6) is 0 Å². The number of carbonyl (C=O) groups excluding carboxylic acids is 3. The van der Waals surface area contributed by atoms with Gasteiger partial charge >= 0.3 is 6.03 Å². The number of amides is 3. The molecule has 0 radical (unpaired) electrons. The summed E-state index contributed by atoms with van der Waals surface area (Å²) in [5, 5.41) is 2.40. The molecule has 0 aromatic rings. The first kappa shape index (κ1) is 10.1. The van der Waals surface area contributed by atoms with Crippen LogP contribution in [-0.2, 0) is 9.59 Å². The second kappa shape index (κ2) is 4.00. The zero-order valence-corrected chi connectivity index (χ0v) is 8.49. The number of nitrogens with zero attached hydrogens (tertiary/aromatic N) is 1. The maximum Gasteiger partial charge on any atom is 0.324 e. The van der Waals surface area contributed by atoms with Gasteiger partial charge in [-0.25, -0.2) is 4.79 Å². The van der Waals surface area contributed by atoms with Gasteiger partial charge in [0.1, 0.15) is 0 Å². The molecule has 0 atom stereocenters. The minimum Gasteiger partial charge on any atom is -0.329 e. The second-order valence-electron chi connectivity index (χ2n) is 4.09. The molecule has 15 heavy (non-hydrogen) atoms. The Morgan fingerprint density at radius 1 is 1.33 bits per heavy atom. The molecule has 0 aromatic carbocycles. The van der Waals surface area contributed by atoms with E-state index in [1.165, 1.54) is 0 Å². The van der Waals surface area contributed by atoms with E-state index in [2.05, 4.69) is 5.32 Å². The van der Waals surface area contributed by atoms with Gasteiger partial charge in [-0.2, -0.15) is 0 Å². The molecule has 2 aliphatic rings. The Labute approximate surface area is 87.8 Å². The lowest BCUT2D eigenvalue weighted by molar-refractivity contribution is -0.131. The smallest absolute Gasteiger partial charge is 0.324 e. The normalized spacial score (nSPS) is 22.3. The Hall–Kier alpha value is -1.39. The summed E-state index contributed by atoms with van der Waals surface area (Å²) in [6.07, 6.45) is 3.97. The highest BCUT2D eigenvalue weighted by Gasteiger charge is 2.32. The predicted octanol–water partition coefficient (Wildman–Crippen LogP) is 0.297. The molecular formula is C10H14N2O3. The van der Waals surface area contributed by atoms with E-state index < -0.39 is 6.03 Å². The lowest BCUT2D eigenvalue weighted by Gasteiger charge is -2.14. The lowest BCUT2D eigenvalue weighted by Crippen LogP contribution is -2.37. The highest BCUT2D eigenvalue weighted by molar-refractivity contribution is 6.04. The number of Topliss-reactive ketones (excluding diaryl/α,β-unsaturated/α-hetero) is 1. The molecule has 82 valence electrons. The molecule has 0 unspecified atom stereocenters. The Morgan fingerprint density at radius 3 is 2.53 bits per heavy atom. The average Bonchev–Trinajstić information content (AvgIpc) is 2.82. The molecule has 3 amide bonds. The Balaban J connectivity index is 1.93. The first-order valence-corrected chi connectivity index (χ1v) is 5.29. The summed E-state index contributed by atoms with van der Waals surface area (Å²) in [5.74, 6) is -0.213. The molecule has 0 bridgehead atoms. The zero-order chi connectivity index (χ0) is 10.8. The van der Waals surface area contributed by atoms with Crippen LogP contribution in [-0.4, -0.2) is 35.7 Å². The van der Waals surface area contributed by atoms with E-state index in [0.717, 1.165) is 30.6 Å². The van der Waals surface area contributed by atoms with Gasteiger partial charge in [-0.3, -0.25) is 14.5 Å². The Morgan fingerprint density at radius 2 is 2.00 bits per heavy atom. The van der Waals surface area contributed by atoms with Gasteiger partial charge in [0.15, 0.2) is 5.78 Å². The van der Waals surface area contributed by atoms with E-state index in [1.807, 2.05) is 0 Å². The minimum absolute atomic E-state index is 0.0246. The van der Waals surface area contributed by atoms with Crippen molar-refractivity contribution in [1.82, 2.24) is 10.2 Å². The first-order valence-electron chi connectivity index (χ1n) is 5.29. The van der Waals surface area contributed by atoms with Crippen LogP contribution < -0.4 is 5.32 Å². The third kappa shape index (κ3) is 2.00. The van der Waals surface area contributed by atoms with Gasteiger partial charge in [0.2, 0.25) is 5.91 Å². The largest absolute Gasteiger partial charge is 0.329 e. The Kier molecular flexibility index (Phi) is 2.70. The molecule has 0 aromatic heterocycles. The summed E-state index contributed by atoms with van der Waals surface area (Å²) in [6, 6.07) is -0.439. The minimum atomic E-state index is -0.439. The quantitative estimate of drug-likeness (QED) is 0.681. The van der Waals surface area contributed by atoms with Crippen LogP contribution in [0.2, 0.25) is 0 Å². The summed E-state index contributed by atoms with van der Waals surface area (Å²) in [4.78, 5) is 35.1. The van der Waals surface area contributed by atoms with Crippen LogP contribution in [0.3, 0.4) is 0 Å². The summed E-state index contributed by atoms with van der Waals surface area (Å²) in [7, 11) is 0. The fourth-order valence-electron chi connectivity index (χ4n) is 2.15. The van der Waals surface area contributed by atoms with Crippen molar-refractivity contribution in [2.45, 2.75) is 25.7 Å². The monoisotopic (exact) mass is 210 g/mol. The van der Waals surface area contributed by atoms with Crippen molar-refractivity contribution in [3.05, 3.63) is 0 Å². The van der Waals surface area contributed by atoms with E-state index in [0.29, 0.717) is 0 Å².